The smallest absolute Gasteiger partial charge is 0.280 e. The van der Waals surface area contributed by atoms with Gasteiger partial charge in [-0.2, -0.15) is 5.10 Å². The van der Waals surface area contributed by atoms with E-state index >= 15 is 0 Å². The van der Waals surface area contributed by atoms with Gasteiger partial charge in [0.1, 0.15) is 35.0 Å². The van der Waals surface area contributed by atoms with Crippen LogP contribution in [0.25, 0.3) is 11.3 Å². The van der Waals surface area contributed by atoms with Crippen molar-refractivity contribution in [3.05, 3.63) is 147 Å². The molecule has 366 valence electrons. The molecular weight excluding hydrogens is 956 g/mol. The third kappa shape index (κ3) is 10.0. The molecular formula is C53H55Cl3FN7O6. The highest BCUT2D eigenvalue weighted by molar-refractivity contribution is 6.33. The molecule has 2 aromatic heterocycles. The number of aliphatic hydroxyl groups excluding tert-OH is 1. The van der Waals surface area contributed by atoms with Crippen LogP contribution in [0.4, 0.5) is 15.8 Å². The van der Waals surface area contributed by atoms with Crippen molar-refractivity contribution < 1.29 is 33.4 Å². The third-order valence-electron chi connectivity index (χ3n) is 13.0. The Morgan fingerprint density at radius 3 is 1.94 bits per heavy atom. The van der Waals surface area contributed by atoms with Crippen LogP contribution in [-0.2, 0) is 22.7 Å². The molecule has 6 aromatic rings. The molecule has 4 aromatic carbocycles. The van der Waals surface area contributed by atoms with E-state index in [9.17, 15) is 28.7 Å². The van der Waals surface area contributed by atoms with Crippen LogP contribution in [0.3, 0.4) is 0 Å². The molecule has 4 amide bonds. The lowest BCUT2D eigenvalue weighted by molar-refractivity contribution is -0.130. The Bertz CT molecular complexity index is 2890. The lowest BCUT2D eigenvalue weighted by Gasteiger charge is -2.26. The zero-order valence-electron chi connectivity index (χ0n) is 38.0. The second-order valence-electron chi connectivity index (χ2n) is 17.5. The number of benzene rings is 4. The van der Waals surface area contributed by atoms with Gasteiger partial charge >= 0.3 is 0 Å². The second kappa shape index (κ2) is 21.8. The molecule has 6 heterocycles. The molecule has 0 saturated carbocycles. The second-order valence-corrected chi connectivity index (χ2v) is 18.8. The number of halogens is 4. The van der Waals surface area contributed by atoms with Gasteiger partial charge in [-0.1, -0.05) is 104 Å². The Morgan fingerprint density at radius 2 is 1.31 bits per heavy atom. The lowest BCUT2D eigenvalue weighted by atomic mass is 10.1. The summed E-state index contributed by atoms with van der Waals surface area (Å²) in [5, 5.41) is 16.1. The molecule has 17 heteroatoms. The van der Waals surface area contributed by atoms with Crippen molar-refractivity contribution in [3.63, 3.8) is 0 Å². The van der Waals surface area contributed by atoms with Gasteiger partial charge in [0.25, 0.3) is 23.6 Å². The van der Waals surface area contributed by atoms with Crippen LogP contribution >= 0.6 is 34.8 Å². The van der Waals surface area contributed by atoms with Gasteiger partial charge in [-0.15, -0.1) is 0 Å². The van der Waals surface area contributed by atoms with E-state index in [2.05, 4.69) is 11.8 Å². The normalized spacial score (nSPS) is 17.3. The van der Waals surface area contributed by atoms with Crippen LogP contribution in [0.15, 0.2) is 103 Å². The molecule has 4 aliphatic rings. The Morgan fingerprint density at radius 1 is 0.714 bits per heavy atom. The molecule has 0 radical (unpaired) electrons. The van der Waals surface area contributed by atoms with Gasteiger partial charge in [-0.05, 0) is 92.1 Å². The highest BCUT2D eigenvalue weighted by Crippen LogP contribution is 2.44. The summed E-state index contributed by atoms with van der Waals surface area (Å²) < 4.78 is 23.4. The molecule has 0 aliphatic carbocycles. The van der Waals surface area contributed by atoms with E-state index in [0.29, 0.717) is 94.2 Å². The molecule has 2 fully saturated rings. The molecule has 4 aliphatic heterocycles. The van der Waals surface area contributed by atoms with Gasteiger partial charge in [-0.25, -0.2) is 4.39 Å². The van der Waals surface area contributed by atoms with Crippen molar-refractivity contribution >= 4 is 69.8 Å². The highest BCUT2D eigenvalue weighted by Gasteiger charge is 2.46. The largest absolute Gasteiger partial charge is 0.441 e. The summed E-state index contributed by atoms with van der Waals surface area (Å²) in [5.41, 5.74) is 5.34. The highest BCUT2D eigenvalue weighted by atomic mass is 35.5. The monoisotopic (exact) mass is 1010 g/mol. The van der Waals surface area contributed by atoms with E-state index in [1.165, 1.54) is 21.9 Å². The maximum absolute atomic E-state index is 13.9. The summed E-state index contributed by atoms with van der Waals surface area (Å²) in [4.78, 5) is 61.3. The average Bonchev–Trinajstić information content (AvgIpc) is 4.15. The number of fused-ring (bicyclic) bond motifs is 6. The first-order chi connectivity index (χ1) is 33.4. The van der Waals surface area contributed by atoms with E-state index in [1.54, 1.807) is 39.6 Å². The molecule has 13 nitrogen and oxygen atoms in total. The van der Waals surface area contributed by atoms with Crippen molar-refractivity contribution in [2.75, 3.05) is 42.6 Å². The maximum Gasteiger partial charge on any atom is 0.280 e. The summed E-state index contributed by atoms with van der Waals surface area (Å²) in [7, 11) is 0. The van der Waals surface area contributed by atoms with E-state index < -0.39 is 17.8 Å². The van der Waals surface area contributed by atoms with Crippen LogP contribution in [0.2, 0.25) is 15.1 Å². The minimum Gasteiger partial charge on any atom is -0.441 e. The number of anilines is 2. The Hall–Kier alpha value is -6.19. The first-order valence-corrected chi connectivity index (χ1v) is 24.5. The maximum atomic E-state index is 13.9. The molecule has 0 bridgehead atoms. The SMILES string of the molecule is C.CCCCN1C(=O)c2c(c(-c3ccccc3Cl)nn2Cc2ccc(Cl)cc2)N2CCCC2C1=O.O=C1c2c(cc(Oc3cccc(F)c3)n2Cc2ccc(Cl)cc2)N2CCCC2C(=O)N1CCCO. The molecule has 1 N–H and O–H groups in total. The Labute approximate surface area is 421 Å². The number of imide groups is 2. The fourth-order valence-electron chi connectivity index (χ4n) is 9.66. The van der Waals surface area contributed by atoms with Crippen molar-refractivity contribution in [1.82, 2.24) is 24.1 Å². The summed E-state index contributed by atoms with van der Waals surface area (Å²) in [6.07, 6.45) is 5.03. The molecule has 2 unspecified atom stereocenters. The fraction of sp³-hybridized carbons (Fsp3) is 0.340. The molecule has 0 spiro atoms. The number of amides is 4. The molecule has 2 atom stereocenters. The van der Waals surface area contributed by atoms with Crippen molar-refractivity contribution in [2.24, 2.45) is 0 Å². The van der Waals surface area contributed by atoms with E-state index in [-0.39, 0.29) is 50.9 Å². The minimum atomic E-state index is -0.452. The number of carbonyl (C=O) groups is 4. The van der Waals surface area contributed by atoms with Crippen molar-refractivity contribution in [1.29, 1.82) is 0 Å². The van der Waals surface area contributed by atoms with Gasteiger partial charge in [0.2, 0.25) is 5.88 Å². The van der Waals surface area contributed by atoms with Gasteiger partial charge in [0.05, 0.1) is 29.5 Å². The number of hydrogen-bond donors (Lipinski definition) is 1. The first kappa shape index (κ1) is 50.2. The summed E-state index contributed by atoms with van der Waals surface area (Å²) in [5.74, 6) is -0.854. The van der Waals surface area contributed by atoms with Gasteiger partial charge in [0, 0.05) is 60.5 Å². The minimum absolute atomic E-state index is 0. The number of aliphatic hydroxyl groups is 1. The summed E-state index contributed by atoms with van der Waals surface area (Å²) in [6.45, 7) is 4.46. The third-order valence-corrected chi connectivity index (χ3v) is 13.8. The lowest BCUT2D eigenvalue weighted by Crippen LogP contribution is -2.46. The summed E-state index contributed by atoms with van der Waals surface area (Å²) >= 11 is 18.7. The summed E-state index contributed by atoms with van der Waals surface area (Å²) in [6, 6.07) is 29.0. The zero-order valence-corrected chi connectivity index (χ0v) is 40.3. The predicted octanol–water partition coefficient (Wildman–Crippen LogP) is 10.7. The first-order valence-electron chi connectivity index (χ1n) is 23.3. The van der Waals surface area contributed by atoms with Gasteiger partial charge in [-0.3, -0.25) is 33.7 Å². The topological polar surface area (TPSA) is 133 Å². The van der Waals surface area contributed by atoms with Crippen molar-refractivity contribution in [2.45, 2.75) is 84.5 Å². The quantitative estimate of drug-likeness (QED) is 0.112. The van der Waals surface area contributed by atoms with Crippen LogP contribution < -0.4 is 14.5 Å². The van der Waals surface area contributed by atoms with Gasteiger partial charge in [0.15, 0.2) is 5.69 Å². The fourth-order valence-corrected chi connectivity index (χ4v) is 10.1. The average molecular weight is 1010 g/mol. The number of rotatable bonds is 13. The number of hydrogen-bond acceptors (Lipinski definition) is 9. The molecule has 2 saturated heterocycles. The number of carbonyl (C=O) groups excluding carboxylic acids is 4. The van der Waals surface area contributed by atoms with E-state index in [4.69, 9.17) is 44.6 Å². The number of unbranched alkanes of at least 4 members (excludes halogenated alkanes) is 1. The molecule has 10 rings (SSSR count). The zero-order chi connectivity index (χ0) is 48.3. The van der Waals surface area contributed by atoms with Crippen LogP contribution in [0, 0.1) is 5.82 Å². The van der Waals surface area contributed by atoms with Crippen LogP contribution in [-0.4, -0.2) is 97.8 Å². The van der Waals surface area contributed by atoms with E-state index in [0.717, 1.165) is 48.8 Å². The number of nitrogens with zero attached hydrogens (tertiary/aromatic N) is 7. The van der Waals surface area contributed by atoms with Crippen LogP contribution in [0.5, 0.6) is 11.6 Å². The van der Waals surface area contributed by atoms with Gasteiger partial charge < -0.3 is 24.2 Å². The Kier molecular flexibility index (Phi) is 15.7. The number of ether oxygens (including phenoxy) is 1. The predicted molar refractivity (Wildman–Crippen MR) is 271 cm³/mol. The van der Waals surface area contributed by atoms with Crippen LogP contribution in [0.1, 0.15) is 91.4 Å². The standard InChI is InChI=1S/C26H26Cl2N4O2.C26H25ClFN3O4.CH4/c1-2-3-14-31-25(33)21-9-6-15-30(21)23-22(19-7-4-5-8-20(19)28)29-32(24(23)26(31)34)16-17-10-12-18(27)13-11-17;27-18-9-7-17(8-10-18)16-31-23(35-20-5-1-4-19(28)14-20)15-22-24(31)26(34)30(12-3-13-32)25(33)21-6-2-11-29(21)22;/h4-5,7-8,10-13,21H,2-3,6,9,14-16H2,1H3;1,4-5,7-10,14-15,21,32H,2-3,6,11-13,16H2;1H4. The molecule has 70 heavy (non-hydrogen) atoms. The Balaban J connectivity index is 0.000000186. The number of aromatic nitrogens is 3. The van der Waals surface area contributed by atoms with Crippen molar-refractivity contribution in [3.8, 4) is 22.9 Å². The van der Waals surface area contributed by atoms with E-state index in [1.807, 2.05) is 65.6 Å².